The fraction of sp³-hybridized carbons (Fsp3) is 0.500. The predicted molar refractivity (Wildman–Crippen MR) is 63.6 cm³/mol. The summed E-state index contributed by atoms with van der Waals surface area (Å²) in [6.07, 6.45) is 2.89. The zero-order valence-corrected chi connectivity index (χ0v) is 10.6. The van der Waals surface area contributed by atoms with Gasteiger partial charge in [-0.25, -0.2) is 0 Å². The van der Waals surface area contributed by atoms with Crippen molar-refractivity contribution in [2.45, 2.75) is 38.9 Å². The Balaban J connectivity index is 2.17. The minimum atomic E-state index is 0.174. The maximum absolute atomic E-state index is 5.78. The van der Waals surface area contributed by atoms with Crippen LogP contribution in [0.1, 0.15) is 26.7 Å². The van der Waals surface area contributed by atoms with Crippen LogP contribution in [0.2, 0.25) is 0 Å². The number of hydrogen-bond acceptors (Lipinski definition) is 2. The van der Waals surface area contributed by atoms with E-state index in [1.54, 1.807) is 0 Å². The molecule has 0 radical (unpaired) electrons. The standard InChI is InChI=1S/C12H15BrO2/c1-8(2)14-11-6-3-9(13)7-12(11)15-10-4-5-10/h3,6-8,10H,4-5H2,1-2H3. The van der Waals surface area contributed by atoms with E-state index in [4.69, 9.17) is 9.47 Å². The van der Waals surface area contributed by atoms with Gasteiger partial charge in [0.15, 0.2) is 11.5 Å². The zero-order valence-electron chi connectivity index (χ0n) is 9.00. The van der Waals surface area contributed by atoms with Crippen LogP contribution in [0.5, 0.6) is 11.5 Å². The molecule has 2 nitrogen and oxygen atoms in total. The number of rotatable bonds is 4. The predicted octanol–water partition coefficient (Wildman–Crippen LogP) is 3.78. The molecular formula is C12H15BrO2. The molecule has 1 aromatic rings. The van der Waals surface area contributed by atoms with Crippen molar-refractivity contribution in [1.82, 2.24) is 0 Å². The van der Waals surface area contributed by atoms with Gasteiger partial charge in [-0.3, -0.25) is 0 Å². The molecule has 0 aromatic heterocycles. The molecule has 0 N–H and O–H groups in total. The molecule has 2 rings (SSSR count). The van der Waals surface area contributed by atoms with Gasteiger partial charge in [0.1, 0.15) is 0 Å². The van der Waals surface area contributed by atoms with Gasteiger partial charge in [0.2, 0.25) is 0 Å². The van der Waals surface area contributed by atoms with E-state index >= 15 is 0 Å². The summed E-state index contributed by atoms with van der Waals surface area (Å²) in [7, 11) is 0. The molecule has 0 spiro atoms. The fourth-order valence-electron chi connectivity index (χ4n) is 1.29. The molecule has 0 aliphatic heterocycles. The van der Waals surface area contributed by atoms with Crippen LogP contribution in [0.15, 0.2) is 22.7 Å². The van der Waals surface area contributed by atoms with Crippen LogP contribution in [0, 0.1) is 0 Å². The molecule has 3 heteroatoms. The maximum atomic E-state index is 5.78. The highest BCUT2D eigenvalue weighted by Crippen LogP contribution is 2.36. The summed E-state index contributed by atoms with van der Waals surface area (Å²) in [6.45, 7) is 4.03. The fourth-order valence-corrected chi connectivity index (χ4v) is 1.63. The lowest BCUT2D eigenvalue weighted by Crippen LogP contribution is -2.07. The highest BCUT2D eigenvalue weighted by molar-refractivity contribution is 9.10. The highest BCUT2D eigenvalue weighted by atomic mass is 79.9. The molecule has 0 atom stereocenters. The monoisotopic (exact) mass is 270 g/mol. The lowest BCUT2D eigenvalue weighted by Gasteiger charge is -2.14. The molecule has 15 heavy (non-hydrogen) atoms. The van der Waals surface area contributed by atoms with Crippen LogP contribution < -0.4 is 9.47 Å². The Morgan fingerprint density at radius 3 is 2.60 bits per heavy atom. The lowest BCUT2D eigenvalue weighted by atomic mass is 10.3. The Labute approximate surface area is 98.7 Å². The molecule has 1 saturated carbocycles. The van der Waals surface area contributed by atoms with Gasteiger partial charge < -0.3 is 9.47 Å². The molecule has 1 aliphatic carbocycles. The first-order valence-corrected chi connectivity index (χ1v) is 6.07. The zero-order chi connectivity index (χ0) is 10.8. The summed E-state index contributed by atoms with van der Waals surface area (Å²) < 4.78 is 12.5. The molecule has 1 aromatic carbocycles. The van der Waals surface area contributed by atoms with E-state index in [2.05, 4.69) is 15.9 Å². The average molecular weight is 271 g/mol. The molecule has 0 unspecified atom stereocenters. The van der Waals surface area contributed by atoms with E-state index in [0.717, 1.165) is 28.8 Å². The second-order valence-corrected chi connectivity index (χ2v) is 4.99. The van der Waals surface area contributed by atoms with Gasteiger partial charge in [0, 0.05) is 4.47 Å². The molecular weight excluding hydrogens is 256 g/mol. The van der Waals surface area contributed by atoms with E-state index in [9.17, 15) is 0 Å². The quantitative estimate of drug-likeness (QED) is 0.829. The minimum Gasteiger partial charge on any atom is -0.487 e. The van der Waals surface area contributed by atoms with E-state index in [1.165, 1.54) is 0 Å². The lowest BCUT2D eigenvalue weighted by molar-refractivity contribution is 0.217. The van der Waals surface area contributed by atoms with Gasteiger partial charge in [-0.15, -0.1) is 0 Å². The summed E-state index contributed by atoms with van der Waals surface area (Å²) in [6, 6.07) is 5.88. The van der Waals surface area contributed by atoms with Gasteiger partial charge in [0.05, 0.1) is 12.2 Å². The average Bonchev–Trinajstić information content (AvgIpc) is 2.93. The first-order chi connectivity index (χ1) is 7.15. The van der Waals surface area contributed by atoms with Crippen LogP contribution in [-0.4, -0.2) is 12.2 Å². The van der Waals surface area contributed by atoms with Crippen molar-refractivity contribution in [1.29, 1.82) is 0 Å². The Morgan fingerprint density at radius 2 is 2.00 bits per heavy atom. The van der Waals surface area contributed by atoms with E-state index in [1.807, 2.05) is 32.0 Å². The topological polar surface area (TPSA) is 18.5 Å². The summed E-state index contributed by atoms with van der Waals surface area (Å²) in [4.78, 5) is 0. The van der Waals surface area contributed by atoms with Gasteiger partial charge >= 0.3 is 0 Å². The van der Waals surface area contributed by atoms with Crippen LogP contribution >= 0.6 is 15.9 Å². The minimum absolute atomic E-state index is 0.174. The summed E-state index contributed by atoms with van der Waals surface area (Å²) in [5, 5.41) is 0. The third-order valence-electron chi connectivity index (χ3n) is 2.09. The highest BCUT2D eigenvalue weighted by Gasteiger charge is 2.25. The number of hydrogen-bond donors (Lipinski definition) is 0. The maximum Gasteiger partial charge on any atom is 0.162 e. The molecule has 82 valence electrons. The molecule has 0 saturated heterocycles. The van der Waals surface area contributed by atoms with Crippen molar-refractivity contribution >= 4 is 15.9 Å². The Morgan fingerprint density at radius 1 is 1.27 bits per heavy atom. The van der Waals surface area contributed by atoms with Crippen LogP contribution in [0.4, 0.5) is 0 Å². The summed E-state index contributed by atoms with van der Waals surface area (Å²) in [5.74, 6) is 1.68. The smallest absolute Gasteiger partial charge is 0.162 e. The SMILES string of the molecule is CC(C)Oc1ccc(Br)cc1OC1CC1. The first-order valence-electron chi connectivity index (χ1n) is 5.28. The number of benzene rings is 1. The van der Waals surface area contributed by atoms with Gasteiger partial charge in [-0.05, 0) is 44.9 Å². The van der Waals surface area contributed by atoms with E-state index < -0.39 is 0 Å². The van der Waals surface area contributed by atoms with Crippen molar-refractivity contribution in [3.63, 3.8) is 0 Å². The Hall–Kier alpha value is -0.700. The van der Waals surface area contributed by atoms with Crippen molar-refractivity contribution in [3.8, 4) is 11.5 Å². The van der Waals surface area contributed by atoms with Crippen LogP contribution in [0.25, 0.3) is 0 Å². The van der Waals surface area contributed by atoms with Crippen molar-refractivity contribution in [2.75, 3.05) is 0 Å². The first kappa shape index (κ1) is 10.8. The summed E-state index contributed by atoms with van der Waals surface area (Å²) in [5.41, 5.74) is 0. The van der Waals surface area contributed by atoms with Gasteiger partial charge in [0.25, 0.3) is 0 Å². The number of halogens is 1. The molecule has 0 bridgehead atoms. The second kappa shape index (κ2) is 4.44. The number of ether oxygens (including phenoxy) is 2. The van der Waals surface area contributed by atoms with Crippen LogP contribution in [0.3, 0.4) is 0 Å². The molecule has 0 heterocycles. The van der Waals surface area contributed by atoms with E-state index in [-0.39, 0.29) is 6.10 Å². The Bertz CT molecular complexity index is 345. The normalized spacial score (nSPS) is 15.5. The van der Waals surface area contributed by atoms with Gasteiger partial charge in [-0.1, -0.05) is 15.9 Å². The molecule has 1 aliphatic rings. The second-order valence-electron chi connectivity index (χ2n) is 4.07. The largest absolute Gasteiger partial charge is 0.487 e. The third-order valence-corrected chi connectivity index (χ3v) is 2.58. The van der Waals surface area contributed by atoms with Gasteiger partial charge in [-0.2, -0.15) is 0 Å². The molecule has 1 fully saturated rings. The van der Waals surface area contributed by atoms with Crippen LogP contribution in [-0.2, 0) is 0 Å². The Kier molecular flexibility index (Phi) is 3.19. The van der Waals surface area contributed by atoms with E-state index in [0.29, 0.717) is 6.10 Å². The van der Waals surface area contributed by atoms with Crippen molar-refractivity contribution < 1.29 is 9.47 Å². The van der Waals surface area contributed by atoms with Crippen molar-refractivity contribution in [3.05, 3.63) is 22.7 Å². The summed E-state index contributed by atoms with van der Waals surface area (Å²) >= 11 is 3.44. The third kappa shape index (κ3) is 3.13. The van der Waals surface area contributed by atoms with Crippen molar-refractivity contribution in [2.24, 2.45) is 0 Å². The molecule has 0 amide bonds.